The predicted molar refractivity (Wildman–Crippen MR) is 141 cm³/mol. The Morgan fingerprint density at radius 2 is 1.93 bits per heavy atom. The lowest BCUT2D eigenvalue weighted by atomic mass is 9.82. The van der Waals surface area contributed by atoms with Gasteiger partial charge < -0.3 is 25.2 Å². The number of alkyl halides is 3. The highest BCUT2D eigenvalue weighted by molar-refractivity contribution is 5.94. The maximum absolute atomic E-state index is 14.6. The van der Waals surface area contributed by atoms with E-state index in [1.165, 1.54) is 55.8 Å². The third kappa shape index (κ3) is 5.84. The maximum Gasteiger partial charge on any atom is 0.424 e. The molecule has 218 valence electrons. The molecule has 1 aromatic carbocycles. The van der Waals surface area contributed by atoms with Crippen LogP contribution in [-0.4, -0.2) is 60.5 Å². The summed E-state index contributed by atoms with van der Waals surface area (Å²) >= 11 is 0. The number of nitrogens with zero attached hydrogens (tertiary/aromatic N) is 2. The Balaban J connectivity index is 1.54. The fourth-order valence-corrected chi connectivity index (χ4v) is 4.78. The van der Waals surface area contributed by atoms with E-state index in [4.69, 9.17) is 9.47 Å². The Labute approximate surface area is 234 Å². The van der Waals surface area contributed by atoms with E-state index >= 15 is 0 Å². The number of amides is 1. The number of pyridine rings is 2. The highest BCUT2D eigenvalue weighted by atomic mass is 19.4. The molecule has 0 unspecified atom stereocenters. The summed E-state index contributed by atoms with van der Waals surface area (Å²) in [6.45, 7) is 2.03. The number of methoxy groups -OCH3 is 1. The van der Waals surface area contributed by atoms with Crippen LogP contribution in [0.2, 0.25) is 0 Å². The lowest BCUT2D eigenvalue weighted by Crippen LogP contribution is -2.51. The second-order valence-corrected chi connectivity index (χ2v) is 10.8. The quantitative estimate of drug-likeness (QED) is 0.313. The minimum Gasteiger partial charge on any atom is -0.490 e. The van der Waals surface area contributed by atoms with E-state index in [1.54, 1.807) is 0 Å². The molecule has 1 fully saturated rings. The van der Waals surface area contributed by atoms with E-state index in [0.717, 1.165) is 19.4 Å². The zero-order valence-corrected chi connectivity index (χ0v) is 22.5. The molecule has 2 aromatic heterocycles. The number of carbonyl (C=O) groups excluding carboxylic acids is 1. The Hall–Kier alpha value is -3.77. The fraction of sp³-hybridized carbons (Fsp3) is 0.414. The molecule has 12 heteroatoms. The Kier molecular flexibility index (Phi) is 7.64. The van der Waals surface area contributed by atoms with E-state index in [0.29, 0.717) is 23.6 Å². The molecule has 2 aliphatic rings. The van der Waals surface area contributed by atoms with Gasteiger partial charge in [0.1, 0.15) is 17.3 Å². The summed E-state index contributed by atoms with van der Waals surface area (Å²) in [5.74, 6) is -0.442. The van der Waals surface area contributed by atoms with Gasteiger partial charge in [-0.3, -0.25) is 4.79 Å². The average Bonchev–Trinajstić information content (AvgIpc) is 3.72. The van der Waals surface area contributed by atoms with Crippen molar-refractivity contribution in [2.24, 2.45) is 5.92 Å². The molecule has 0 spiro atoms. The highest BCUT2D eigenvalue weighted by Crippen LogP contribution is 2.47. The van der Waals surface area contributed by atoms with Crippen LogP contribution in [0.4, 0.5) is 17.6 Å². The predicted octanol–water partition coefficient (Wildman–Crippen LogP) is 4.12. The van der Waals surface area contributed by atoms with Gasteiger partial charge in [0, 0.05) is 40.9 Å². The average molecular weight is 575 g/mol. The van der Waals surface area contributed by atoms with Gasteiger partial charge in [0.05, 0.1) is 26.0 Å². The normalized spacial score (nSPS) is 19.7. The van der Waals surface area contributed by atoms with Gasteiger partial charge in [0.15, 0.2) is 0 Å². The molecule has 3 N–H and O–H groups in total. The summed E-state index contributed by atoms with van der Waals surface area (Å²) in [5, 5.41) is 16.8. The van der Waals surface area contributed by atoms with Crippen molar-refractivity contribution in [2.45, 2.75) is 37.0 Å². The van der Waals surface area contributed by atoms with Gasteiger partial charge in [-0.25, -0.2) is 14.4 Å². The van der Waals surface area contributed by atoms with Crippen molar-refractivity contribution in [3.8, 4) is 22.9 Å². The van der Waals surface area contributed by atoms with Crippen molar-refractivity contribution in [1.29, 1.82) is 0 Å². The van der Waals surface area contributed by atoms with Gasteiger partial charge in [-0.05, 0) is 61.7 Å². The number of nitrogens with one attached hydrogen (secondary N) is 2. The largest absolute Gasteiger partial charge is 0.490 e. The first kappa shape index (κ1) is 28.7. The molecule has 0 radical (unpaired) electrons. The summed E-state index contributed by atoms with van der Waals surface area (Å²) in [5.41, 5.74) is -4.23. The Morgan fingerprint density at radius 1 is 1.20 bits per heavy atom. The zero-order valence-electron chi connectivity index (χ0n) is 22.5. The second-order valence-electron chi connectivity index (χ2n) is 10.8. The topological polar surface area (TPSA) is 106 Å². The van der Waals surface area contributed by atoms with Crippen molar-refractivity contribution in [3.05, 3.63) is 71.3 Å². The van der Waals surface area contributed by atoms with Crippen LogP contribution in [0.1, 0.15) is 41.4 Å². The van der Waals surface area contributed by atoms with Crippen LogP contribution in [0.15, 0.2) is 48.7 Å². The molecule has 1 amide bonds. The minimum atomic E-state index is -5.22. The van der Waals surface area contributed by atoms with Crippen molar-refractivity contribution < 1.29 is 36.9 Å². The molecule has 8 nitrogen and oxygen atoms in total. The molecule has 1 aliphatic heterocycles. The number of fused-ring (bicyclic) bond motifs is 1. The van der Waals surface area contributed by atoms with Crippen LogP contribution in [0, 0.1) is 11.7 Å². The lowest BCUT2D eigenvalue weighted by Gasteiger charge is -2.32. The SMILES string of the molecule is COc1cc(C(=O)NC[C@](O)(c2cc3c(c(-c4ccc(F)cc4)n2)OC[C@]3(C)CNCC2CC2)C(F)(F)F)ccn1. The van der Waals surface area contributed by atoms with Crippen LogP contribution in [0.3, 0.4) is 0 Å². The molecule has 3 aromatic rings. The summed E-state index contributed by atoms with van der Waals surface area (Å²) in [6.07, 6.45) is -1.68. The van der Waals surface area contributed by atoms with Crippen LogP contribution in [-0.2, 0) is 11.0 Å². The first-order chi connectivity index (χ1) is 19.4. The fourth-order valence-electron chi connectivity index (χ4n) is 4.78. The van der Waals surface area contributed by atoms with Crippen LogP contribution < -0.4 is 20.1 Å². The first-order valence-electron chi connectivity index (χ1n) is 13.2. The highest BCUT2D eigenvalue weighted by Gasteiger charge is 2.57. The summed E-state index contributed by atoms with van der Waals surface area (Å²) in [6, 6.07) is 8.88. The van der Waals surface area contributed by atoms with Gasteiger partial charge in [-0.15, -0.1) is 0 Å². The van der Waals surface area contributed by atoms with E-state index in [9.17, 15) is 27.5 Å². The summed E-state index contributed by atoms with van der Waals surface area (Å²) < 4.78 is 68.5. The summed E-state index contributed by atoms with van der Waals surface area (Å²) in [7, 11) is 1.34. The van der Waals surface area contributed by atoms with Gasteiger partial charge in [-0.2, -0.15) is 13.2 Å². The number of aromatic nitrogens is 2. The molecule has 1 aliphatic carbocycles. The van der Waals surface area contributed by atoms with E-state index in [2.05, 4.69) is 20.6 Å². The van der Waals surface area contributed by atoms with E-state index < -0.39 is 41.2 Å². The number of rotatable bonds is 10. The maximum atomic E-state index is 14.6. The van der Waals surface area contributed by atoms with Crippen LogP contribution in [0.25, 0.3) is 11.3 Å². The zero-order chi connectivity index (χ0) is 29.4. The minimum absolute atomic E-state index is 0.00185. The number of hydrogen-bond acceptors (Lipinski definition) is 7. The smallest absolute Gasteiger partial charge is 0.424 e. The standard InChI is InChI=1S/C29H30F4N4O4/c1-27(14-34-13-17-3-4-17)16-41-25-21(27)12-22(37-24(25)18-5-7-20(30)8-6-18)28(39,29(31,32)33)15-36-26(38)19-9-10-35-23(11-19)40-2/h5-12,17,34,39H,3-4,13-16H2,1-2H3,(H,36,38)/t27-,28-/m0/s1. The van der Waals surface area contributed by atoms with Crippen LogP contribution in [0.5, 0.6) is 11.6 Å². The third-order valence-corrected chi connectivity index (χ3v) is 7.52. The number of aliphatic hydroxyl groups is 1. The van der Waals surface area contributed by atoms with Gasteiger partial charge in [0.2, 0.25) is 11.5 Å². The second kappa shape index (κ2) is 10.9. The molecular weight excluding hydrogens is 544 g/mol. The van der Waals surface area contributed by atoms with Crippen molar-refractivity contribution >= 4 is 5.91 Å². The van der Waals surface area contributed by atoms with Gasteiger partial charge in [-0.1, -0.05) is 6.92 Å². The molecule has 1 saturated carbocycles. The first-order valence-corrected chi connectivity index (χ1v) is 13.2. The molecule has 0 bridgehead atoms. The molecular formula is C29H30F4N4O4. The monoisotopic (exact) mass is 574 g/mol. The lowest BCUT2D eigenvalue weighted by molar-refractivity contribution is -0.265. The molecule has 3 heterocycles. The number of halogens is 4. The van der Waals surface area contributed by atoms with Crippen molar-refractivity contribution in [3.63, 3.8) is 0 Å². The number of carbonyl (C=O) groups is 1. The van der Waals surface area contributed by atoms with Gasteiger partial charge in [0.25, 0.3) is 5.91 Å². The number of ether oxygens (including phenoxy) is 2. The molecule has 0 saturated heterocycles. The van der Waals surface area contributed by atoms with Crippen molar-refractivity contribution in [1.82, 2.24) is 20.6 Å². The van der Waals surface area contributed by atoms with Crippen molar-refractivity contribution in [2.75, 3.05) is 33.4 Å². The Morgan fingerprint density at radius 3 is 2.59 bits per heavy atom. The summed E-state index contributed by atoms with van der Waals surface area (Å²) in [4.78, 5) is 20.9. The molecule has 2 atom stereocenters. The third-order valence-electron chi connectivity index (χ3n) is 7.52. The molecule has 41 heavy (non-hydrogen) atoms. The number of hydrogen-bond donors (Lipinski definition) is 3. The Bertz CT molecular complexity index is 1430. The van der Waals surface area contributed by atoms with Crippen LogP contribution >= 0.6 is 0 Å². The van der Waals surface area contributed by atoms with E-state index in [-0.39, 0.29) is 29.5 Å². The van der Waals surface area contributed by atoms with E-state index in [1.807, 2.05) is 6.92 Å². The molecule has 5 rings (SSSR count). The van der Waals surface area contributed by atoms with Gasteiger partial charge >= 0.3 is 6.18 Å². The number of benzene rings is 1.